The number of hydrogen-bond donors (Lipinski definition) is 1. The Kier molecular flexibility index (Phi) is 4.23. The molecule has 1 saturated carbocycles. The predicted octanol–water partition coefficient (Wildman–Crippen LogP) is 2.81. The third-order valence-corrected chi connectivity index (χ3v) is 10.1. The van der Waals surface area contributed by atoms with Gasteiger partial charge < -0.3 is 19.0 Å². The molecule has 6 nitrogen and oxygen atoms in total. The summed E-state index contributed by atoms with van der Waals surface area (Å²) in [6.45, 7) is 12.1. The van der Waals surface area contributed by atoms with E-state index in [1.165, 1.54) is 0 Å². The molecule has 1 N–H and O–H groups in total. The van der Waals surface area contributed by atoms with Crippen LogP contribution in [0.4, 0.5) is 0 Å². The fourth-order valence-electron chi connectivity index (χ4n) is 3.14. The second kappa shape index (κ2) is 5.67. The van der Waals surface area contributed by atoms with Crippen molar-refractivity contribution in [3.63, 3.8) is 0 Å². The number of ether oxygens (including phenoxy) is 2. The van der Waals surface area contributed by atoms with E-state index in [0.29, 0.717) is 6.42 Å². The number of hydrogen-bond acceptors (Lipinski definition) is 5. The standard InChI is InChI=1S/C18H27O6Si/c1-7-8-10-9-11-12(16(20)22-10)18(21,15-14(23-15)13(11)19)24-25(5,6)17(2,3)4/h9-10,14-15,21H,7-8H2,1-6H3/t10-,14+,15+,18+/m1/s1. The molecule has 0 aromatic heterocycles. The lowest BCUT2D eigenvalue weighted by Crippen LogP contribution is -2.57. The van der Waals surface area contributed by atoms with Gasteiger partial charge in [-0.05, 0) is 30.6 Å². The maximum Gasteiger partial charge on any atom is 0.340 e. The lowest BCUT2D eigenvalue weighted by Gasteiger charge is -2.44. The van der Waals surface area contributed by atoms with E-state index in [0.717, 1.165) is 6.42 Å². The Morgan fingerprint density at radius 1 is 1.36 bits per heavy atom. The fraction of sp³-hybridized carbons (Fsp3) is 0.722. The lowest BCUT2D eigenvalue weighted by atomic mass is 9.82. The average Bonchev–Trinajstić information content (AvgIpc) is 3.24. The van der Waals surface area contributed by atoms with Crippen LogP contribution in [0.15, 0.2) is 23.2 Å². The van der Waals surface area contributed by atoms with Gasteiger partial charge in [0, 0.05) is 5.57 Å². The van der Waals surface area contributed by atoms with Crippen LogP contribution in [0.5, 0.6) is 0 Å². The molecule has 1 saturated heterocycles. The minimum Gasteiger partial charge on any atom is -0.455 e. The maximum absolute atomic E-state index is 12.6. The summed E-state index contributed by atoms with van der Waals surface area (Å²) in [6, 6.07) is 0. The number of ketones is 1. The molecular weight excluding hydrogens is 340 g/mol. The van der Waals surface area contributed by atoms with E-state index in [-0.39, 0.29) is 22.0 Å². The predicted molar refractivity (Wildman–Crippen MR) is 92.5 cm³/mol. The van der Waals surface area contributed by atoms with E-state index in [2.05, 4.69) is 0 Å². The minimum absolute atomic E-state index is 0.0894. The summed E-state index contributed by atoms with van der Waals surface area (Å²) in [4.78, 5) is 12.6. The molecule has 1 aliphatic carbocycles. The van der Waals surface area contributed by atoms with Crippen LogP contribution in [0, 0.1) is 0 Å². The number of carbonyl (C=O) groups excluding carboxylic acids is 1. The SMILES string of the molecule is CCC[C@@H]1C=C2C(=O)[C@@H]3O[C@@H]3[C@@](O)(O[Si](C)(C)C(C)(C)C)C2=C([O])O1. The van der Waals surface area contributed by atoms with Crippen molar-refractivity contribution in [3.05, 3.63) is 23.2 Å². The van der Waals surface area contributed by atoms with Crippen LogP contribution in [0.2, 0.25) is 18.1 Å². The number of fused-ring (bicyclic) bond motifs is 2. The van der Waals surface area contributed by atoms with Crippen molar-refractivity contribution >= 4 is 14.1 Å². The zero-order valence-corrected chi connectivity index (χ0v) is 16.7. The zero-order chi connectivity index (χ0) is 18.8. The van der Waals surface area contributed by atoms with Gasteiger partial charge in [-0.1, -0.05) is 34.1 Å². The Morgan fingerprint density at radius 3 is 2.56 bits per heavy atom. The van der Waals surface area contributed by atoms with E-state index < -0.39 is 38.4 Å². The highest BCUT2D eigenvalue weighted by atomic mass is 28.4. The molecule has 0 amide bonds. The van der Waals surface area contributed by atoms with Crippen molar-refractivity contribution in [2.75, 3.05) is 0 Å². The van der Waals surface area contributed by atoms with Gasteiger partial charge in [-0.15, -0.1) is 0 Å². The molecule has 0 aromatic carbocycles. The van der Waals surface area contributed by atoms with Crippen LogP contribution < -0.4 is 0 Å². The molecule has 139 valence electrons. The summed E-state index contributed by atoms with van der Waals surface area (Å²) in [5.74, 6) is -2.87. The topological polar surface area (TPSA) is 88.2 Å². The van der Waals surface area contributed by atoms with Gasteiger partial charge in [0.2, 0.25) is 5.79 Å². The molecule has 0 bridgehead atoms. The van der Waals surface area contributed by atoms with Crippen LogP contribution in [0.1, 0.15) is 40.5 Å². The zero-order valence-electron chi connectivity index (χ0n) is 15.7. The number of aliphatic hydroxyl groups is 1. The van der Waals surface area contributed by atoms with Crippen molar-refractivity contribution in [2.45, 2.75) is 82.8 Å². The van der Waals surface area contributed by atoms with Crippen LogP contribution in [-0.2, 0) is 23.8 Å². The molecular formula is C18H27O6Si. The van der Waals surface area contributed by atoms with Gasteiger partial charge in [0.25, 0.3) is 0 Å². The van der Waals surface area contributed by atoms with Gasteiger partial charge in [0.05, 0.1) is 0 Å². The van der Waals surface area contributed by atoms with Gasteiger partial charge in [0.15, 0.2) is 20.2 Å². The van der Waals surface area contributed by atoms with Crippen LogP contribution in [0.25, 0.3) is 0 Å². The second-order valence-corrected chi connectivity index (χ2v) is 13.3. The molecule has 0 aromatic rings. The number of Topliss-reactive ketones (excluding diaryl/α,β-unsaturated/α-hetero) is 1. The Balaban J connectivity index is 2.03. The number of epoxide rings is 1. The molecule has 4 atom stereocenters. The molecule has 7 heteroatoms. The Bertz CT molecular complexity index is 659. The first-order chi connectivity index (χ1) is 11.4. The number of carbonyl (C=O) groups is 1. The second-order valence-electron chi connectivity index (χ2n) is 8.59. The summed E-state index contributed by atoms with van der Waals surface area (Å²) in [5, 5.41) is 23.8. The van der Waals surface area contributed by atoms with Crippen molar-refractivity contribution < 1.29 is 28.9 Å². The lowest BCUT2D eigenvalue weighted by molar-refractivity contribution is -0.145. The van der Waals surface area contributed by atoms with Crippen molar-refractivity contribution in [1.82, 2.24) is 0 Å². The molecule has 3 aliphatic rings. The average molecular weight is 367 g/mol. The monoisotopic (exact) mass is 367 g/mol. The normalized spacial score (nSPS) is 34.9. The summed E-state index contributed by atoms with van der Waals surface area (Å²) < 4.78 is 17.1. The smallest absolute Gasteiger partial charge is 0.340 e. The summed E-state index contributed by atoms with van der Waals surface area (Å²) >= 11 is 0. The van der Waals surface area contributed by atoms with Crippen molar-refractivity contribution in [3.8, 4) is 0 Å². The highest BCUT2D eigenvalue weighted by molar-refractivity contribution is 6.74. The van der Waals surface area contributed by atoms with Crippen molar-refractivity contribution in [2.24, 2.45) is 0 Å². The first-order valence-electron chi connectivity index (χ1n) is 8.85. The molecule has 1 radical (unpaired) electrons. The molecule has 25 heavy (non-hydrogen) atoms. The molecule has 0 spiro atoms. The quantitative estimate of drug-likeness (QED) is 0.469. The van der Waals surface area contributed by atoms with Gasteiger partial charge in [-0.3, -0.25) is 4.79 Å². The summed E-state index contributed by atoms with van der Waals surface area (Å²) in [7, 11) is -2.44. The third kappa shape index (κ3) is 2.87. The highest BCUT2D eigenvalue weighted by Crippen LogP contribution is 2.53. The van der Waals surface area contributed by atoms with Crippen LogP contribution in [-0.4, -0.2) is 43.3 Å². The van der Waals surface area contributed by atoms with Crippen LogP contribution >= 0.6 is 0 Å². The van der Waals surface area contributed by atoms with Gasteiger partial charge in [0.1, 0.15) is 17.8 Å². The van der Waals surface area contributed by atoms with E-state index in [1.54, 1.807) is 6.08 Å². The fourth-order valence-corrected chi connectivity index (χ4v) is 4.44. The van der Waals surface area contributed by atoms with E-state index in [9.17, 15) is 15.0 Å². The minimum atomic E-state index is -2.44. The largest absolute Gasteiger partial charge is 0.455 e. The molecule has 2 fully saturated rings. The Labute approximate surface area is 149 Å². The first-order valence-corrected chi connectivity index (χ1v) is 11.8. The molecule has 0 unspecified atom stereocenters. The maximum atomic E-state index is 12.6. The van der Waals surface area contributed by atoms with Gasteiger partial charge in [-0.2, -0.15) is 0 Å². The van der Waals surface area contributed by atoms with Crippen LogP contribution in [0.3, 0.4) is 0 Å². The summed E-state index contributed by atoms with van der Waals surface area (Å²) in [6.07, 6.45) is 1.06. The Hall–Kier alpha value is -1.15. The number of rotatable bonds is 4. The molecule has 2 heterocycles. The summed E-state index contributed by atoms with van der Waals surface area (Å²) in [5.41, 5.74) is 0.114. The molecule has 2 aliphatic heterocycles. The highest BCUT2D eigenvalue weighted by Gasteiger charge is 2.69. The van der Waals surface area contributed by atoms with Gasteiger partial charge >= 0.3 is 5.95 Å². The Morgan fingerprint density at radius 2 is 2.00 bits per heavy atom. The van der Waals surface area contributed by atoms with Gasteiger partial charge in [-0.25, -0.2) is 5.11 Å². The van der Waals surface area contributed by atoms with Crippen molar-refractivity contribution in [1.29, 1.82) is 0 Å². The van der Waals surface area contributed by atoms with E-state index in [1.807, 2.05) is 40.8 Å². The third-order valence-electron chi connectivity index (χ3n) is 5.63. The first kappa shape index (κ1) is 18.6. The molecule has 3 rings (SSSR count). The van der Waals surface area contributed by atoms with E-state index in [4.69, 9.17) is 13.9 Å². The van der Waals surface area contributed by atoms with E-state index >= 15 is 0 Å².